The first-order valence-electron chi connectivity index (χ1n) is 8.34. The average molecular weight is 324 g/mol. The van der Waals surface area contributed by atoms with Gasteiger partial charge >= 0.3 is 0 Å². The molecular weight excluding hydrogens is 304 g/mol. The summed E-state index contributed by atoms with van der Waals surface area (Å²) in [4.78, 5) is 26.1. The van der Waals surface area contributed by atoms with E-state index in [0.29, 0.717) is 11.4 Å². The lowest BCUT2D eigenvalue weighted by Gasteiger charge is -2.23. The Balaban J connectivity index is 1.45. The number of likely N-dealkylation sites (tertiary alicyclic amines) is 1. The van der Waals surface area contributed by atoms with Crippen molar-refractivity contribution in [2.24, 2.45) is 0 Å². The van der Waals surface area contributed by atoms with E-state index < -0.39 is 0 Å². The molecule has 0 bridgehead atoms. The maximum Gasteiger partial charge on any atom is 0.258 e. The minimum absolute atomic E-state index is 0.0591. The second kappa shape index (κ2) is 6.52. The highest BCUT2D eigenvalue weighted by Gasteiger charge is 2.24. The predicted octanol–water partition coefficient (Wildman–Crippen LogP) is 1.22. The molecule has 1 aliphatic heterocycles. The van der Waals surface area contributed by atoms with E-state index in [9.17, 15) is 4.79 Å². The van der Waals surface area contributed by atoms with E-state index in [2.05, 4.69) is 25.0 Å². The Morgan fingerprint density at radius 3 is 3.08 bits per heavy atom. The van der Waals surface area contributed by atoms with Gasteiger partial charge in [-0.1, -0.05) is 12.1 Å². The highest BCUT2D eigenvalue weighted by atomic mass is 16.1. The van der Waals surface area contributed by atoms with Gasteiger partial charge in [0, 0.05) is 19.0 Å². The van der Waals surface area contributed by atoms with E-state index in [0.717, 1.165) is 37.4 Å². The number of fused-ring (bicyclic) bond motifs is 1. The lowest BCUT2D eigenvalue weighted by molar-refractivity contribution is 0.228. The second-order valence-electron chi connectivity index (χ2n) is 6.23. The molecule has 2 aromatic heterocycles. The lowest BCUT2D eigenvalue weighted by atomic mass is 10.2. The molecule has 0 spiro atoms. The number of para-hydroxylation sites is 1. The summed E-state index contributed by atoms with van der Waals surface area (Å²) in [6.45, 7) is 2.83. The number of hydrogen-bond acceptors (Lipinski definition) is 5. The average Bonchev–Trinajstić information content (AvgIpc) is 3.25. The van der Waals surface area contributed by atoms with Gasteiger partial charge in [-0.15, -0.1) is 0 Å². The zero-order valence-electron chi connectivity index (χ0n) is 13.4. The van der Waals surface area contributed by atoms with Crippen LogP contribution >= 0.6 is 0 Å². The van der Waals surface area contributed by atoms with Crippen molar-refractivity contribution in [3.8, 4) is 0 Å². The van der Waals surface area contributed by atoms with Gasteiger partial charge in [0.1, 0.15) is 18.5 Å². The number of benzene rings is 1. The first-order valence-corrected chi connectivity index (χ1v) is 8.34. The molecule has 1 aromatic carbocycles. The molecule has 0 radical (unpaired) electrons. The van der Waals surface area contributed by atoms with Crippen molar-refractivity contribution in [1.29, 1.82) is 0 Å². The molecule has 3 aromatic rings. The molecule has 0 unspecified atom stereocenters. The van der Waals surface area contributed by atoms with Gasteiger partial charge in [0.05, 0.1) is 17.4 Å². The summed E-state index contributed by atoms with van der Waals surface area (Å²) in [5.41, 5.74) is 0.702. The van der Waals surface area contributed by atoms with Crippen molar-refractivity contribution in [2.45, 2.75) is 31.8 Å². The van der Waals surface area contributed by atoms with Gasteiger partial charge in [0.25, 0.3) is 5.56 Å². The van der Waals surface area contributed by atoms with Gasteiger partial charge in [-0.2, -0.15) is 5.10 Å². The molecule has 1 saturated heterocycles. The molecule has 1 fully saturated rings. The fourth-order valence-electron chi connectivity index (χ4n) is 3.44. The van der Waals surface area contributed by atoms with E-state index in [-0.39, 0.29) is 5.56 Å². The van der Waals surface area contributed by atoms with Gasteiger partial charge < -0.3 is 4.98 Å². The standard InChI is InChI=1S/C17H20N6O/c24-17-14-5-1-2-6-15(14)20-16(21-17)7-9-22-8-3-4-13(22)10-23-12-18-11-19-23/h1-2,5-6,11-13H,3-4,7-10H2,(H,20,21,24)/t13-/m1/s1. The van der Waals surface area contributed by atoms with Crippen LogP contribution in [-0.4, -0.2) is 48.8 Å². The van der Waals surface area contributed by atoms with Gasteiger partial charge in [-0.05, 0) is 31.5 Å². The van der Waals surface area contributed by atoms with Crippen LogP contribution in [0.3, 0.4) is 0 Å². The Morgan fingerprint density at radius 1 is 1.29 bits per heavy atom. The Labute approximate surface area is 139 Å². The van der Waals surface area contributed by atoms with Crippen LogP contribution in [0, 0.1) is 0 Å². The summed E-state index contributed by atoms with van der Waals surface area (Å²) in [5.74, 6) is 0.755. The van der Waals surface area contributed by atoms with E-state index >= 15 is 0 Å². The summed E-state index contributed by atoms with van der Waals surface area (Å²) in [6.07, 6.45) is 6.44. The lowest BCUT2D eigenvalue weighted by Crippen LogP contribution is -2.35. The number of aromatic amines is 1. The topological polar surface area (TPSA) is 79.7 Å². The van der Waals surface area contributed by atoms with Crippen LogP contribution in [0.4, 0.5) is 0 Å². The summed E-state index contributed by atoms with van der Waals surface area (Å²) < 4.78 is 1.89. The fourth-order valence-corrected chi connectivity index (χ4v) is 3.44. The third-order valence-electron chi connectivity index (χ3n) is 4.66. The van der Waals surface area contributed by atoms with Gasteiger partial charge in [0.15, 0.2) is 0 Å². The number of H-pyrrole nitrogens is 1. The maximum atomic E-state index is 12.1. The SMILES string of the molecule is O=c1[nH]c(CCN2CCC[C@@H]2Cn2cncn2)nc2ccccc12. The number of rotatable bonds is 5. The Hall–Kier alpha value is -2.54. The third kappa shape index (κ3) is 3.07. The van der Waals surface area contributed by atoms with Crippen LogP contribution in [0.2, 0.25) is 0 Å². The largest absolute Gasteiger partial charge is 0.310 e. The summed E-state index contributed by atoms with van der Waals surface area (Å²) in [5, 5.41) is 4.84. The molecule has 7 nitrogen and oxygen atoms in total. The minimum atomic E-state index is -0.0591. The number of nitrogens with zero attached hydrogens (tertiary/aromatic N) is 5. The zero-order valence-corrected chi connectivity index (χ0v) is 13.4. The Kier molecular flexibility index (Phi) is 4.08. The Bertz CT molecular complexity index is 872. The maximum absolute atomic E-state index is 12.1. The van der Waals surface area contributed by atoms with Crippen LogP contribution < -0.4 is 5.56 Å². The Morgan fingerprint density at radius 2 is 2.21 bits per heavy atom. The molecule has 7 heteroatoms. The summed E-state index contributed by atoms with van der Waals surface area (Å²) >= 11 is 0. The molecule has 3 heterocycles. The van der Waals surface area contributed by atoms with E-state index in [1.54, 1.807) is 18.7 Å². The second-order valence-corrected chi connectivity index (χ2v) is 6.23. The molecule has 0 aliphatic carbocycles. The predicted molar refractivity (Wildman–Crippen MR) is 90.7 cm³/mol. The van der Waals surface area contributed by atoms with Crippen LogP contribution in [0.5, 0.6) is 0 Å². The van der Waals surface area contributed by atoms with Crippen molar-refractivity contribution in [2.75, 3.05) is 13.1 Å². The fraction of sp³-hybridized carbons (Fsp3) is 0.412. The first-order chi connectivity index (χ1) is 11.8. The summed E-state index contributed by atoms with van der Waals surface area (Å²) in [7, 11) is 0. The van der Waals surface area contributed by atoms with Crippen LogP contribution in [0.25, 0.3) is 10.9 Å². The first kappa shape index (κ1) is 15.0. The van der Waals surface area contributed by atoms with Crippen molar-refractivity contribution in [3.63, 3.8) is 0 Å². The molecule has 0 saturated carbocycles. The highest BCUT2D eigenvalue weighted by molar-refractivity contribution is 5.77. The molecule has 1 atom stereocenters. The smallest absolute Gasteiger partial charge is 0.258 e. The number of hydrogen-bond donors (Lipinski definition) is 1. The monoisotopic (exact) mass is 324 g/mol. The number of nitrogens with one attached hydrogen (secondary N) is 1. The molecule has 124 valence electrons. The van der Waals surface area contributed by atoms with Crippen molar-refractivity contribution in [3.05, 3.63) is 53.1 Å². The molecule has 0 amide bonds. The van der Waals surface area contributed by atoms with E-state index in [1.807, 2.05) is 22.9 Å². The molecular formula is C17H20N6O. The van der Waals surface area contributed by atoms with E-state index in [1.165, 1.54) is 12.8 Å². The molecule has 1 aliphatic rings. The van der Waals surface area contributed by atoms with Crippen LogP contribution in [0.1, 0.15) is 18.7 Å². The number of aromatic nitrogens is 5. The van der Waals surface area contributed by atoms with Crippen LogP contribution in [0.15, 0.2) is 41.7 Å². The molecule has 1 N–H and O–H groups in total. The normalized spacial score (nSPS) is 18.4. The molecule has 24 heavy (non-hydrogen) atoms. The van der Waals surface area contributed by atoms with Crippen molar-refractivity contribution >= 4 is 10.9 Å². The van der Waals surface area contributed by atoms with Gasteiger partial charge in [0.2, 0.25) is 0 Å². The zero-order chi connectivity index (χ0) is 16.4. The third-order valence-corrected chi connectivity index (χ3v) is 4.66. The van der Waals surface area contributed by atoms with E-state index in [4.69, 9.17) is 0 Å². The van der Waals surface area contributed by atoms with Crippen molar-refractivity contribution in [1.82, 2.24) is 29.6 Å². The van der Waals surface area contributed by atoms with Crippen molar-refractivity contribution < 1.29 is 0 Å². The quantitative estimate of drug-likeness (QED) is 0.763. The van der Waals surface area contributed by atoms with Gasteiger partial charge in [-0.25, -0.2) is 9.97 Å². The van der Waals surface area contributed by atoms with Gasteiger partial charge in [-0.3, -0.25) is 14.4 Å². The highest BCUT2D eigenvalue weighted by Crippen LogP contribution is 2.18. The minimum Gasteiger partial charge on any atom is -0.310 e. The van der Waals surface area contributed by atoms with Crippen LogP contribution in [-0.2, 0) is 13.0 Å². The molecule has 4 rings (SSSR count). The summed E-state index contributed by atoms with van der Waals surface area (Å²) in [6, 6.07) is 7.93.